The predicted octanol–water partition coefficient (Wildman–Crippen LogP) is 6.98. The standard InChI is InChI=1S/C33H28N2O5/c1-23-32(36)35-28-19-30(39-21-25-13-7-3-8-14-25)29(38-20-24-11-5-2-6-12-24)17-27(28)18-31(35)34(23)33(37)40-22-26-15-9-4-10-16-26/h2-19,23H,20-22H2,1H3/t23-/m0/s1. The van der Waals surface area contributed by atoms with Crippen LogP contribution in [0.25, 0.3) is 10.9 Å². The van der Waals surface area contributed by atoms with Crippen molar-refractivity contribution in [2.75, 3.05) is 4.90 Å². The summed E-state index contributed by atoms with van der Waals surface area (Å²) in [5.74, 6) is 1.31. The van der Waals surface area contributed by atoms with E-state index in [0.717, 1.165) is 22.1 Å². The molecule has 1 aromatic heterocycles. The summed E-state index contributed by atoms with van der Waals surface area (Å²) in [6.07, 6.45) is -0.577. The number of hydrogen-bond donors (Lipinski definition) is 0. The average molecular weight is 533 g/mol. The van der Waals surface area contributed by atoms with Crippen LogP contribution >= 0.6 is 0 Å². The molecule has 0 saturated heterocycles. The fourth-order valence-corrected chi connectivity index (χ4v) is 4.84. The molecule has 6 rings (SSSR count). The summed E-state index contributed by atoms with van der Waals surface area (Å²) in [5.41, 5.74) is 3.54. The van der Waals surface area contributed by atoms with Crippen molar-refractivity contribution in [2.24, 2.45) is 0 Å². The number of aromatic nitrogens is 1. The van der Waals surface area contributed by atoms with Crippen molar-refractivity contribution in [2.45, 2.75) is 32.8 Å². The Morgan fingerprint density at radius 3 is 1.75 bits per heavy atom. The van der Waals surface area contributed by atoms with E-state index >= 15 is 0 Å². The molecule has 0 aliphatic carbocycles. The van der Waals surface area contributed by atoms with Crippen molar-refractivity contribution in [1.82, 2.24) is 4.57 Å². The molecule has 1 aliphatic heterocycles. The fraction of sp³-hybridized carbons (Fsp3) is 0.152. The Kier molecular flexibility index (Phi) is 6.93. The molecule has 0 unspecified atom stereocenters. The predicted molar refractivity (Wildman–Crippen MR) is 153 cm³/mol. The SMILES string of the molecule is C[C@H]1C(=O)n2c(cc3cc(OCc4ccccc4)c(OCc4ccccc4)cc32)N1C(=O)OCc1ccccc1. The van der Waals surface area contributed by atoms with E-state index in [1.165, 1.54) is 4.90 Å². The summed E-state index contributed by atoms with van der Waals surface area (Å²) in [4.78, 5) is 27.9. The molecule has 200 valence electrons. The second-order valence-electron chi connectivity index (χ2n) is 9.67. The number of nitrogens with zero attached hydrogens (tertiary/aromatic N) is 2. The Morgan fingerprint density at radius 2 is 1.20 bits per heavy atom. The monoisotopic (exact) mass is 532 g/mol. The first-order valence-electron chi connectivity index (χ1n) is 13.2. The smallest absolute Gasteiger partial charge is 0.416 e. The van der Waals surface area contributed by atoms with Crippen molar-refractivity contribution < 1.29 is 23.8 Å². The Hall–Kier alpha value is -5.04. The minimum Gasteiger partial charge on any atom is -0.485 e. The van der Waals surface area contributed by atoms with Gasteiger partial charge in [0, 0.05) is 11.5 Å². The van der Waals surface area contributed by atoms with E-state index < -0.39 is 12.1 Å². The average Bonchev–Trinajstić information content (AvgIpc) is 3.47. The van der Waals surface area contributed by atoms with Crippen LogP contribution in [0.3, 0.4) is 0 Å². The van der Waals surface area contributed by atoms with Crippen LogP contribution in [0.15, 0.2) is 109 Å². The topological polar surface area (TPSA) is 70.0 Å². The van der Waals surface area contributed by atoms with E-state index in [2.05, 4.69) is 0 Å². The van der Waals surface area contributed by atoms with Crippen LogP contribution in [-0.4, -0.2) is 22.6 Å². The zero-order valence-electron chi connectivity index (χ0n) is 22.0. The quantitative estimate of drug-likeness (QED) is 0.216. The molecule has 2 heterocycles. The van der Waals surface area contributed by atoms with Crippen molar-refractivity contribution in [3.8, 4) is 11.5 Å². The van der Waals surface area contributed by atoms with Crippen molar-refractivity contribution in [3.05, 3.63) is 126 Å². The molecule has 4 aromatic carbocycles. The van der Waals surface area contributed by atoms with Crippen LogP contribution in [0.4, 0.5) is 10.6 Å². The van der Waals surface area contributed by atoms with Gasteiger partial charge in [0.25, 0.3) is 5.91 Å². The van der Waals surface area contributed by atoms with E-state index in [0.29, 0.717) is 36.0 Å². The maximum Gasteiger partial charge on any atom is 0.416 e. The third-order valence-corrected chi connectivity index (χ3v) is 6.94. The van der Waals surface area contributed by atoms with Gasteiger partial charge in [0.05, 0.1) is 5.52 Å². The molecule has 1 amide bonds. The van der Waals surface area contributed by atoms with Gasteiger partial charge in [0.2, 0.25) is 0 Å². The number of benzene rings is 4. The van der Waals surface area contributed by atoms with E-state index in [4.69, 9.17) is 14.2 Å². The second kappa shape index (κ2) is 11.0. The van der Waals surface area contributed by atoms with Crippen molar-refractivity contribution in [1.29, 1.82) is 0 Å². The molecule has 7 heteroatoms. The van der Waals surface area contributed by atoms with Crippen molar-refractivity contribution >= 4 is 28.7 Å². The van der Waals surface area contributed by atoms with E-state index in [1.54, 1.807) is 11.5 Å². The molecule has 0 N–H and O–H groups in total. The first-order chi connectivity index (χ1) is 19.6. The summed E-state index contributed by atoms with van der Waals surface area (Å²) < 4.78 is 19.6. The zero-order chi connectivity index (χ0) is 27.5. The maximum atomic E-state index is 13.4. The van der Waals surface area contributed by atoms with Gasteiger partial charge in [-0.2, -0.15) is 0 Å². The Bertz CT molecular complexity index is 1650. The summed E-state index contributed by atoms with van der Waals surface area (Å²) in [7, 11) is 0. The third-order valence-electron chi connectivity index (χ3n) is 6.94. The largest absolute Gasteiger partial charge is 0.485 e. The van der Waals surface area contributed by atoms with Gasteiger partial charge in [0.1, 0.15) is 31.7 Å². The lowest BCUT2D eigenvalue weighted by Gasteiger charge is -2.19. The summed E-state index contributed by atoms with van der Waals surface area (Å²) in [6.45, 7) is 2.51. The number of fused-ring (bicyclic) bond motifs is 3. The van der Waals surface area contributed by atoms with E-state index in [-0.39, 0.29) is 12.5 Å². The minimum atomic E-state index is -0.703. The lowest BCUT2D eigenvalue weighted by Crippen LogP contribution is -2.38. The molecular formula is C33H28N2O5. The Morgan fingerprint density at radius 1 is 0.700 bits per heavy atom. The molecule has 40 heavy (non-hydrogen) atoms. The molecule has 0 fully saturated rings. The Balaban J connectivity index is 1.33. The number of amides is 1. The van der Waals surface area contributed by atoms with Crippen LogP contribution < -0.4 is 14.4 Å². The molecule has 0 radical (unpaired) electrons. The number of rotatable bonds is 8. The van der Waals surface area contributed by atoms with Crippen molar-refractivity contribution in [3.63, 3.8) is 0 Å². The molecule has 0 spiro atoms. The van der Waals surface area contributed by atoms with Gasteiger partial charge >= 0.3 is 6.09 Å². The zero-order valence-corrected chi connectivity index (χ0v) is 22.0. The van der Waals surface area contributed by atoms with Crippen LogP contribution in [0.2, 0.25) is 0 Å². The third kappa shape index (κ3) is 5.01. The molecular weight excluding hydrogens is 504 g/mol. The van der Waals surface area contributed by atoms with Crippen LogP contribution in [0.5, 0.6) is 11.5 Å². The molecule has 0 saturated carbocycles. The number of anilines is 1. The van der Waals surface area contributed by atoms with Crippen LogP contribution in [0, 0.1) is 0 Å². The highest BCUT2D eigenvalue weighted by molar-refractivity contribution is 6.11. The summed E-state index contributed by atoms with van der Waals surface area (Å²) >= 11 is 0. The molecule has 1 atom stereocenters. The molecule has 1 aliphatic rings. The van der Waals surface area contributed by atoms with Crippen LogP contribution in [-0.2, 0) is 24.6 Å². The molecule has 5 aromatic rings. The highest BCUT2D eigenvalue weighted by atomic mass is 16.6. The number of hydrogen-bond acceptors (Lipinski definition) is 5. The van der Waals surface area contributed by atoms with Gasteiger partial charge in [-0.25, -0.2) is 4.79 Å². The van der Waals surface area contributed by atoms with Crippen LogP contribution in [0.1, 0.15) is 28.4 Å². The van der Waals surface area contributed by atoms with E-state index in [9.17, 15) is 9.59 Å². The fourth-order valence-electron chi connectivity index (χ4n) is 4.84. The van der Waals surface area contributed by atoms with Gasteiger partial charge < -0.3 is 14.2 Å². The summed E-state index contributed by atoms with van der Waals surface area (Å²) in [6, 6.07) is 34.0. The number of carbonyl (C=O) groups excluding carboxylic acids is 2. The lowest BCUT2D eigenvalue weighted by molar-refractivity contribution is 0.0904. The van der Waals surface area contributed by atoms with Gasteiger partial charge in [-0.15, -0.1) is 0 Å². The minimum absolute atomic E-state index is 0.117. The van der Waals surface area contributed by atoms with Gasteiger partial charge in [-0.3, -0.25) is 14.3 Å². The number of ether oxygens (including phenoxy) is 3. The molecule has 7 nitrogen and oxygen atoms in total. The molecule has 0 bridgehead atoms. The van der Waals surface area contributed by atoms with E-state index in [1.807, 2.05) is 109 Å². The first-order valence-corrected chi connectivity index (χ1v) is 13.2. The first kappa shape index (κ1) is 25.2. The normalized spacial score (nSPS) is 14.3. The Labute approximate surface area is 232 Å². The van der Waals surface area contributed by atoms with Gasteiger partial charge in [-0.05, 0) is 35.7 Å². The lowest BCUT2D eigenvalue weighted by atomic mass is 10.2. The maximum absolute atomic E-state index is 13.4. The highest BCUT2D eigenvalue weighted by Crippen LogP contribution is 2.40. The summed E-state index contributed by atoms with van der Waals surface area (Å²) in [5, 5.41) is 0.756. The van der Waals surface area contributed by atoms with Gasteiger partial charge in [-0.1, -0.05) is 91.0 Å². The highest BCUT2D eigenvalue weighted by Gasteiger charge is 2.40. The number of carbonyl (C=O) groups is 2. The second-order valence-corrected chi connectivity index (χ2v) is 9.67. The van der Waals surface area contributed by atoms with Gasteiger partial charge in [0.15, 0.2) is 11.5 Å².